The summed E-state index contributed by atoms with van der Waals surface area (Å²) in [4.78, 5) is 4.39. The van der Waals surface area contributed by atoms with Crippen molar-refractivity contribution >= 4 is 0 Å². The SMILES string of the molecule is c1ccc(C(c2ccccc2)(c2ccccc2)[n+]2cccnc2)cc1. The molecule has 4 rings (SSSR count). The molecule has 0 bridgehead atoms. The fourth-order valence-electron chi connectivity index (χ4n) is 3.51. The zero-order valence-electron chi connectivity index (χ0n) is 13.9. The summed E-state index contributed by atoms with van der Waals surface area (Å²) < 4.78 is 2.19. The summed E-state index contributed by atoms with van der Waals surface area (Å²) >= 11 is 0. The van der Waals surface area contributed by atoms with Crippen LogP contribution in [0, 0.1) is 0 Å². The maximum atomic E-state index is 4.39. The highest BCUT2D eigenvalue weighted by molar-refractivity contribution is 5.46. The fraction of sp³-hybridized carbons (Fsp3) is 0.0435. The van der Waals surface area contributed by atoms with Gasteiger partial charge < -0.3 is 0 Å². The van der Waals surface area contributed by atoms with E-state index in [1.807, 2.05) is 18.6 Å². The molecule has 3 aromatic carbocycles. The van der Waals surface area contributed by atoms with Gasteiger partial charge in [-0.15, -0.1) is 0 Å². The number of hydrogen-bond donors (Lipinski definition) is 0. The molecule has 2 heteroatoms. The van der Waals surface area contributed by atoms with Gasteiger partial charge in [-0.2, -0.15) is 0 Å². The predicted molar refractivity (Wildman–Crippen MR) is 99.0 cm³/mol. The van der Waals surface area contributed by atoms with Gasteiger partial charge in [0.25, 0.3) is 6.33 Å². The summed E-state index contributed by atoms with van der Waals surface area (Å²) in [6.45, 7) is 0. The molecular weight excluding hydrogens is 304 g/mol. The van der Waals surface area contributed by atoms with Crippen LogP contribution in [-0.2, 0) is 5.54 Å². The lowest BCUT2D eigenvalue weighted by Gasteiger charge is -2.33. The van der Waals surface area contributed by atoms with E-state index in [1.165, 1.54) is 16.7 Å². The van der Waals surface area contributed by atoms with Crippen molar-refractivity contribution in [2.75, 3.05) is 0 Å². The molecule has 0 saturated carbocycles. The maximum Gasteiger partial charge on any atom is 0.287 e. The van der Waals surface area contributed by atoms with Crippen LogP contribution < -0.4 is 4.57 Å². The van der Waals surface area contributed by atoms with Crippen molar-refractivity contribution in [3.05, 3.63) is 132 Å². The largest absolute Gasteiger partial charge is 0.287 e. The van der Waals surface area contributed by atoms with Crippen molar-refractivity contribution in [3.63, 3.8) is 0 Å². The van der Waals surface area contributed by atoms with Crippen molar-refractivity contribution in [1.82, 2.24) is 4.98 Å². The Bertz CT molecular complexity index is 757. The molecule has 4 aromatic rings. The van der Waals surface area contributed by atoms with E-state index in [1.54, 1.807) is 0 Å². The zero-order valence-corrected chi connectivity index (χ0v) is 13.9. The predicted octanol–water partition coefficient (Wildman–Crippen LogP) is 4.21. The molecule has 0 aliphatic carbocycles. The van der Waals surface area contributed by atoms with Gasteiger partial charge in [0.15, 0.2) is 5.54 Å². The highest BCUT2D eigenvalue weighted by Crippen LogP contribution is 2.35. The van der Waals surface area contributed by atoms with Crippen LogP contribution >= 0.6 is 0 Å². The molecule has 120 valence electrons. The first-order valence-corrected chi connectivity index (χ1v) is 8.41. The third kappa shape index (κ3) is 2.62. The second-order valence-corrected chi connectivity index (χ2v) is 5.97. The Hall–Kier alpha value is -3.26. The quantitative estimate of drug-likeness (QED) is 0.406. The number of benzene rings is 3. The van der Waals surface area contributed by atoms with Gasteiger partial charge in [0.05, 0.1) is 6.20 Å². The smallest absolute Gasteiger partial charge is 0.219 e. The lowest BCUT2D eigenvalue weighted by Crippen LogP contribution is -2.58. The minimum atomic E-state index is -0.474. The Balaban J connectivity index is 2.13. The van der Waals surface area contributed by atoms with Gasteiger partial charge in [0, 0.05) is 22.8 Å². The van der Waals surface area contributed by atoms with Crippen molar-refractivity contribution in [2.45, 2.75) is 5.54 Å². The van der Waals surface area contributed by atoms with Crippen molar-refractivity contribution in [2.24, 2.45) is 0 Å². The van der Waals surface area contributed by atoms with Gasteiger partial charge in [-0.3, -0.25) is 0 Å². The van der Waals surface area contributed by atoms with E-state index >= 15 is 0 Å². The van der Waals surface area contributed by atoms with E-state index in [-0.39, 0.29) is 0 Å². The number of rotatable bonds is 4. The van der Waals surface area contributed by atoms with Gasteiger partial charge in [-0.25, -0.2) is 4.57 Å². The lowest BCUT2D eigenvalue weighted by molar-refractivity contribution is -0.737. The summed E-state index contributed by atoms with van der Waals surface area (Å²) in [6.07, 6.45) is 5.79. The maximum absolute atomic E-state index is 4.39. The second kappa shape index (κ2) is 6.70. The molecule has 0 atom stereocenters. The van der Waals surface area contributed by atoms with Crippen LogP contribution in [0.5, 0.6) is 0 Å². The Morgan fingerprint density at radius 3 is 1.36 bits per heavy atom. The van der Waals surface area contributed by atoms with E-state index in [2.05, 4.69) is 107 Å². The molecule has 0 unspecified atom stereocenters. The Labute approximate surface area is 148 Å². The molecule has 1 heterocycles. The molecule has 0 aliphatic heterocycles. The van der Waals surface area contributed by atoms with Gasteiger partial charge >= 0.3 is 0 Å². The van der Waals surface area contributed by atoms with Crippen LogP contribution in [0.2, 0.25) is 0 Å². The first kappa shape index (κ1) is 15.3. The van der Waals surface area contributed by atoms with Crippen LogP contribution in [-0.4, -0.2) is 4.98 Å². The summed E-state index contributed by atoms with van der Waals surface area (Å²) in [7, 11) is 0. The van der Waals surface area contributed by atoms with Crippen molar-refractivity contribution < 1.29 is 4.57 Å². The molecule has 0 spiro atoms. The van der Waals surface area contributed by atoms with E-state index in [0.717, 1.165) is 0 Å². The zero-order chi connectivity index (χ0) is 17.0. The first-order chi connectivity index (χ1) is 12.4. The van der Waals surface area contributed by atoms with E-state index in [0.29, 0.717) is 0 Å². The highest BCUT2D eigenvalue weighted by Gasteiger charge is 2.42. The molecular formula is C23H19N2+. The molecule has 25 heavy (non-hydrogen) atoms. The van der Waals surface area contributed by atoms with Crippen LogP contribution in [0.25, 0.3) is 0 Å². The van der Waals surface area contributed by atoms with E-state index in [9.17, 15) is 0 Å². The van der Waals surface area contributed by atoms with Crippen LogP contribution in [0.4, 0.5) is 0 Å². The Kier molecular flexibility index (Phi) is 4.09. The summed E-state index contributed by atoms with van der Waals surface area (Å²) in [5.74, 6) is 0. The molecule has 0 fully saturated rings. The van der Waals surface area contributed by atoms with Crippen molar-refractivity contribution in [1.29, 1.82) is 0 Å². The van der Waals surface area contributed by atoms with E-state index in [4.69, 9.17) is 0 Å². The summed E-state index contributed by atoms with van der Waals surface area (Å²) in [5.41, 5.74) is 3.12. The van der Waals surface area contributed by atoms with Gasteiger partial charge in [-0.1, -0.05) is 96.0 Å². The second-order valence-electron chi connectivity index (χ2n) is 5.97. The topological polar surface area (TPSA) is 16.8 Å². The standard InChI is InChI=1S/C23H19N2/c1-4-11-20(12-5-1)23(21-13-6-2-7-14-21,22-15-8-3-9-16-22)25-18-10-17-24-19-25/h1-19H/q+1. The molecule has 0 radical (unpaired) electrons. The summed E-state index contributed by atoms with van der Waals surface area (Å²) in [5, 5.41) is 0. The van der Waals surface area contributed by atoms with Crippen LogP contribution in [0.15, 0.2) is 116 Å². The average Bonchev–Trinajstić information content (AvgIpc) is 2.72. The third-order valence-corrected chi connectivity index (χ3v) is 4.57. The van der Waals surface area contributed by atoms with Crippen LogP contribution in [0.3, 0.4) is 0 Å². The average molecular weight is 323 g/mol. The number of nitrogens with zero attached hydrogens (tertiary/aromatic N) is 2. The molecule has 0 amide bonds. The molecule has 1 aromatic heterocycles. The fourth-order valence-corrected chi connectivity index (χ4v) is 3.51. The van der Waals surface area contributed by atoms with Crippen LogP contribution in [0.1, 0.15) is 16.7 Å². The Morgan fingerprint density at radius 1 is 0.560 bits per heavy atom. The lowest BCUT2D eigenvalue weighted by atomic mass is 9.76. The Morgan fingerprint density at radius 2 is 1.00 bits per heavy atom. The normalized spacial score (nSPS) is 11.2. The van der Waals surface area contributed by atoms with Gasteiger partial charge in [-0.05, 0) is 0 Å². The van der Waals surface area contributed by atoms with Gasteiger partial charge in [0.1, 0.15) is 6.20 Å². The molecule has 0 N–H and O–H groups in total. The number of aromatic nitrogens is 2. The number of hydrogen-bond acceptors (Lipinski definition) is 1. The van der Waals surface area contributed by atoms with Gasteiger partial charge in [0.2, 0.25) is 0 Å². The third-order valence-electron chi connectivity index (χ3n) is 4.57. The minimum absolute atomic E-state index is 0.474. The molecule has 0 aliphatic rings. The molecule has 0 saturated heterocycles. The molecule has 2 nitrogen and oxygen atoms in total. The highest BCUT2D eigenvalue weighted by atomic mass is 15.1. The monoisotopic (exact) mass is 323 g/mol. The van der Waals surface area contributed by atoms with E-state index < -0.39 is 5.54 Å². The first-order valence-electron chi connectivity index (χ1n) is 8.41. The summed E-state index contributed by atoms with van der Waals surface area (Å²) in [6, 6.07) is 33.8. The van der Waals surface area contributed by atoms with Crippen molar-refractivity contribution in [3.8, 4) is 0 Å². The minimum Gasteiger partial charge on any atom is -0.219 e.